The van der Waals surface area contributed by atoms with E-state index in [1.165, 1.54) is 0 Å². The van der Waals surface area contributed by atoms with Crippen LogP contribution in [-0.4, -0.2) is 15.1 Å². The van der Waals surface area contributed by atoms with Gasteiger partial charge in [-0.25, -0.2) is 9.97 Å². The summed E-state index contributed by atoms with van der Waals surface area (Å²) in [6.07, 6.45) is 0.805. The minimum absolute atomic E-state index is 0.0758. The molecule has 1 aromatic carbocycles. The lowest BCUT2D eigenvalue weighted by molar-refractivity contribution is 0.282. The van der Waals surface area contributed by atoms with Crippen molar-refractivity contribution in [2.24, 2.45) is 0 Å². The Bertz CT molecular complexity index is 543. The number of nitrogens with zero attached hydrogens (tertiary/aromatic N) is 2. The quantitative estimate of drug-likeness (QED) is 0.831. The number of rotatable bonds is 5. The SMILES string of the molecule is CCc1nc(Br)cc(NCc2ccc(CO)cc2)n1. The van der Waals surface area contributed by atoms with Crippen LogP contribution in [0.25, 0.3) is 0 Å². The van der Waals surface area contributed by atoms with Crippen molar-refractivity contribution in [3.63, 3.8) is 0 Å². The number of anilines is 1. The number of nitrogens with one attached hydrogen (secondary N) is 1. The van der Waals surface area contributed by atoms with E-state index in [9.17, 15) is 0 Å². The van der Waals surface area contributed by atoms with Crippen LogP contribution in [0, 0.1) is 0 Å². The Morgan fingerprint density at radius 1 is 1.16 bits per heavy atom. The molecule has 0 amide bonds. The fourth-order valence-corrected chi connectivity index (χ4v) is 2.09. The van der Waals surface area contributed by atoms with Crippen LogP contribution in [0.5, 0.6) is 0 Å². The third-order valence-electron chi connectivity index (χ3n) is 2.74. The van der Waals surface area contributed by atoms with Gasteiger partial charge in [0.15, 0.2) is 0 Å². The zero-order chi connectivity index (χ0) is 13.7. The number of aromatic nitrogens is 2. The molecule has 0 bridgehead atoms. The Hall–Kier alpha value is -1.46. The van der Waals surface area contributed by atoms with Gasteiger partial charge in [-0.15, -0.1) is 0 Å². The molecule has 0 fully saturated rings. The molecule has 100 valence electrons. The summed E-state index contributed by atoms with van der Waals surface area (Å²) in [5.41, 5.74) is 2.06. The number of aliphatic hydroxyl groups excluding tert-OH is 1. The van der Waals surface area contributed by atoms with E-state index in [0.717, 1.165) is 33.8 Å². The van der Waals surface area contributed by atoms with Crippen molar-refractivity contribution in [2.75, 3.05) is 5.32 Å². The van der Waals surface area contributed by atoms with Crippen molar-refractivity contribution in [3.05, 3.63) is 51.9 Å². The Balaban J connectivity index is 2.03. The van der Waals surface area contributed by atoms with Gasteiger partial charge >= 0.3 is 0 Å². The summed E-state index contributed by atoms with van der Waals surface area (Å²) in [5, 5.41) is 12.3. The molecule has 0 radical (unpaired) electrons. The first-order chi connectivity index (χ1) is 9.21. The first-order valence-corrected chi connectivity index (χ1v) is 6.96. The predicted molar refractivity (Wildman–Crippen MR) is 78.8 cm³/mol. The topological polar surface area (TPSA) is 58.0 Å². The van der Waals surface area contributed by atoms with E-state index in [-0.39, 0.29) is 6.61 Å². The fraction of sp³-hybridized carbons (Fsp3) is 0.286. The summed E-state index contributed by atoms with van der Waals surface area (Å²) in [6, 6.07) is 9.70. The van der Waals surface area contributed by atoms with E-state index in [4.69, 9.17) is 5.11 Å². The van der Waals surface area contributed by atoms with Crippen LogP contribution in [0.2, 0.25) is 0 Å². The molecule has 2 rings (SSSR count). The Labute approximate surface area is 121 Å². The molecule has 2 aromatic rings. The number of aryl methyl sites for hydroxylation is 1. The smallest absolute Gasteiger partial charge is 0.131 e. The largest absolute Gasteiger partial charge is 0.392 e. The third-order valence-corrected chi connectivity index (χ3v) is 3.14. The van der Waals surface area contributed by atoms with Gasteiger partial charge in [-0.1, -0.05) is 31.2 Å². The van der Waals surface area contributed by atoms with Crippen LogP contribution in [0.4, 0.5) is 5.82 Å². The molecule has 5 heteroatoms. The zero-order valence-electron chi connectivity index (χ0n) is 10.7. The van der Waals surface area contributed by atoms with Gasteiger partial charge in [0.2, 0.25) is 0 Å². The minimum Gasteiger partial charge on any atom is -0.392 e. The molecular formula is C14H16BrN3O. The second-order valence-corrected chi connectivity index (χ2v) is 4.99. The number of hydrogen-bond donors (Lipinski definition) is 2. The first-order valence-electron chi connectivity index (χ1n) is 6.17. The van der Waals surface area contributed by atoms with Gasteiger partial charge in [0.05, 0.1) is 6.61 Å². The lowest BCUT2D eigenvalue weighted by atomic mass is 10.1. The summed E-state index contributed by atoms with van der Waals surface area (Å²) in [6.45, 7) is 2.80. The number of hydrogen-bond acceptors (Lipinski definition) is 4. The second kappa shape index (κ2) is 6.63. The van der Waals surface area contributed by atoms with E-state index in [1.54, 1.807) is 0 Å². The Morgan fingerprint density at radius 2 is 1.84 bits per heavy atom. The van der Waals surface area contributed by atoms with E-state index in [1.807, 2.05) is 37.3 Å². The molecule has 4 nitrogen and oxygen atoms in total. The molecule has 0 saturated heterocycles. The van der Waals surface area contributed by atoms with Gasteiger partial charge in [0.1, 0.15) is 16.2 Å². The summed E-state index contributed by atoms with van der Waals surface area (Å²) in [5.74, 6) is 1.62. The zero-order valence-corrected chi connectivity index (χ0v) is 12.3. The van der Waals surface area contributed by atoms with Crippen LogP contribution in [0.3, 0.4) is 0 Å². The van der Waals surface area contributed by atoms with Crippen molar-refractivity contribution < 1.29 is 5.11 Å². The maximum atomic E-state index is 8.99. The molecule has 1 heterocycles. The van der Waals surface area contributed by atoms with E-state index in [0.29, 0.717) is 6.54 Å². The van der Waals surface area contributed by atoms with Crippen LogP contribution in [-0.2, 0) is 19.6 Å². The Morgan fingerprint density at radius 3 is 2.47 bits per heavy atom. The van der Waals surface area contributed by atoms with Crippen molar-refractivity contribution in [1.29, 1.82) is 0 Å². The van der Waals surface area contributed by atoms with Crippen molar-refractivity contribution >= 4 is 21.7 Å². The van der Waals surface area contributed by atoms with Crippen LogP contribution < -0.4 is 5.32 Å². The molecule has 0 spiro atoms. The van der Waals surface area contributed by atoms with Gasteiger partial charge in [0, 0.05) is 19.0 Å². The highest BCUT2D eigenvalue weighted by atomic mass is 79.9. The number of halogens is 1. The molecule has 1 aromatic heterocycles. The molecule has 0 unspecified atom stereocenters. The monoisotopic (exact) mass is 321 g/mol. The molecular weight excluding hydrogens is 306 g/mol. The molecule has 2 N–H and O–H groups in total. The van der Waals surface area contributed by atoms with Crippen LogP contribution in [0.15, 0.2) is 34.9 Å². The van der Waals surface area contributed by atoms with Gasteiger partial charge in [-0.05, 0) is 27.1 Å². The van der Waals surface area contributed by atoms with Crippen LogP contribution >= 0.6 is 15.9 Å². The summed E-state index contributed by atoms with van der Waals surface area (Å²) < 4.78 is 0.789. The van der Waals surface area contributed by atoms with Gasteiger partial charge < -0.3 is 10.4 Å². The Kier molecular flexibility index (Phi) is 4.87. The molecule has 0 saturated carbocycles. The van der Waals surface area contributed by atoms with E-state index >= 15 is 0 Å². The number of benzene rings is 1. The average molecular weight is 322 g/mol. The standard InChI is InChI=1S/C14H16BrN3O/c1-2-13-17-12(15)7-14(18-13)16-8-10-3-5-11(9-19)6-4-10/h3-7,19H,2,8-9H2,1H3,(H,16,17,18). The highest BCUT2D eigenvalue weighted by Crippen LogP contribution is 2.14. The second-order valence-electron chi connectivity index (χ2n) is 4.17. The van der Waals surface area contributed by atoms with Crippen LogP contribution in [0.1, 0.15) is 23.9 Å². The van der Waals surface area contributed by atoms with Gasteiger partial charge in [-0.3, -0.25) is 0 Å². The van der Waals surface area contributed by atoms with Crippen molar-refractivity contribution in [3.8, 4) is 0 Å². The third kappa shape index (κ3) is 4.01. The van der Waals surface area contributed by atoms with Crippen molar-refractivity contribution in [1.82, 2.24) is 9.97 Å². The molecule has 0 atom stereocenters. The lowest BCUT2D eigenvalue weighted by Crippen LogP contribution is -2.04. The summed E-state index contributed by atoms with van der Waals surface area (Å²) in [7, 11) is 0. The normalized spacial score (nSPS) is 10.5. The maximum absolute atomic E-state index is 8.99. The van der Waals surface area contributed by atoms with Gasteiger partial charge in [0.25, 0.3) is 0 Å². The lowest BCUT2D eigenvalue weighted by Gasteiger charge is -2.08. The van der Waals surface area contributed by atoms with Gasteiger partial charge in [-0.2, -0.15) is 0 Å². The molecule has 0 aliphatic carbocycles. The fourth-order valence-electron chi connectivity index (χ4n) is 1.67. The van der Waals surface area contributed by atoms with E-state index < -0.39 is 0 Å². The predicted octanol–water partition coefficient (Wildman–Crippen LogP) is 2.91. The summed E-state index contributed by atoms with van der Waals surface area (Å²) in [4.78, 5) is 8.68. The molecule has 19 heavy (non-hydrogen) atoms. The number of aliphatic hydroxyl groups is 1. The summed E-state index contributed by atoms with van der Waals surface area (Å²) >= 11 is 3.38. The van der Waals surface area contributed by atoms with E-state index in [2.05, 4.69) is 31.2 Å². The first kappa shape index (κ1) is 14.0. The molecule has 0 aliphatic heterocycles. The van der Waals surface area contributed by atoms with Crippen molar-refractivity contribution in [2.45, 2.75) is 26.5 Å². The maximum Gasteiger partial charge on any atom is 0.131 e. The minimum atomic E-state index is 0.0758. The highest BCUT2D eigenvalue weighted by molar-refractivity contribution is 9.10. The average Bonchev–Trinajstić information content (AvgIpc) is 2.45. The molecule has 0 aliphatic rings. The highest BCUT2D eigenvalue weighted by Gasteiger charge is 2.01.